The van der Waals surface area contributed by atoms with E-state index < -0.39 is 6.09 Å². The minimum absolute atomic E-state index is 0.727. The van der Waals surface area contributed by atoms with Gasteiger partial charge in [0.15, 0.2) is 0 Å². The number of rotatable bonds is 1. The zero-order chi connectivity index (χ0) is 5.70. The Morgan fingerprint density at radius 1 is 1.86 bits per heavy atom. The van der Waals surface area contributed by atoms with Gasteiger partial charge in [0.25, 0.3) is 0 Å². The summed E-state index contributed by atoms with van der Waals surface area (Å²) in [4.78, 5) is 12.8. The van der Waals surface area contributed by atoms with Gasteiger partial charge in [0, 0.05) is 0 Å². The van der Waals surface area contributed by atoms with Crippen molar-refractivity contribution in [3.05, 3.63) is 12.8 Å². The molecule has 38 valence electrons. The third kappa shape index (κ3) is 2.69. The van der Waals surface area contributed by atoms with Crippen LogP contribution in [0.3, 0.4) is 0 Å². The molecule has 0 aliphatic carbocycles. The molecule has 3 nitrogen and oxygen atoms in total. The van der Waals surface area contributed by atoms with E-state index >= 15 is 0 Å². The van der Waals surface area contributed by atoms with Gasteiger partial charge in [-0.25, -0.2) is 4.79 Å². The van der Waals surface area contributed by atoms with Gasteiger partial charge in [-0.15, -0.1) is 0 Å². The van der Waals surface area contributed by atoms with Crippen molar-refractivity contribution in [2.75, 3.05) is 0 Å². The summed E-state index contributed by atoms with van der Waals surface area (Å²) in [6.07, 6.45) is 0.270. The second kappa shape index (κ2) is 3.08. The van der Waals surface area contributed by atoms with Crippen LogP contribution in [0, 0.1) is 0 Å². The molecule has 1 amide bonds. The van der Waals surface area contributed by atoms with E-state index in [0.717, 1.165) is 6.26 Å². The fraction of sp³-hybridized carbons (Fsp3) is 0. The second-order valence-corrected chi connectivity index (χ2v) is 0.709. The van der Waals surface area contributed by atoms with Crippen LogP contribution in [0.1, 0.15) is 0 Å². The number of aliphatic imine (C=N–C) groups is 1. The van der Waals surface area contributed by atoms with Crippen LogP contribution >= 0.6 is 0 Å². The summed E-state index contributed by atoms with van der Waals surface area (Å²) in [7, 11) is 0. The average molecular weight is 99.1 g/mol. The lowest BCUT2D eigenvalue weighted by atomic mass is 11.1. The van der Waals surface area contributed by atoms with Crippen LogP contribution in [0.2, 0.25) is 0 Å². The molecule has 0 aromatic rings. The van der Waals surface area contributed by atoms with Crippen molar-refractivity contribution in [3.63, 3.8) is 0 Å². The minimum Gasteiger partial charge on any atom is -0.417 e. The Bertz CT molecular complexity index is 97.9. The lowest BCUT2D eigenvalue weighted by Gasteiger charge is -1.83. The van der Waals surface area contributed by atoms with Crippen LogP contribution in [0.15, 0.2) is 17.8 Å². The third-order valence-corrected chi connectivity index (χ3v) is 0.313. The quantitative estimate of drug-likeness (QED) is 0.363. The number of carbonyl (C=O) groups excluding carboxylic acids is 1. The van der Waals surface area contributed by atoms with Gasteiger partial charge in [-0.1, -0.05) is 6.58 Å². The molecule has 0 heterocycles. The Kier molecular flexibility index (Phi) is 2.59. The van der Waals surface area contributed by atoms with Gasteiger partial charge in [0.1, 0.15) is 0 Å². The first-order chi connectivity index (χ1) is 3.31. The lowest BCUT2D eigenvalue weighted by molar-refractivity contribution is 0.197. The lowest BCUT2D eigenvalue weighted by Crippen LogP contribution is -1.87. The SMILES string of the molecule is C=COC(=O)N=C. The average Bonchev–Trinajstić information content (AvgIpc) is 1.68. The minimum atomic E-state index is -0.727. The molecule has 0 spiro atoms. The van der Waals surface area contributed by atoms with Gasteiger partial charge >= 0.3 is 6.09 Å². The molecule has 0 aliphatic heterocycles. The Labute approximate surface area is 41.3 Å². The highest BCUT2D eigenvalue weighted by molar-refractivity contribution is 5.73. The fourth-order valence-corrected chi connectivity index (χ4v) is 0.109. The normalized spacial score (nSPS) is 6.86. The predicted octanol–water partition coefficient (Wildman–Crippen LogP) is 0.967. The molecule has 0 aliphatic rings. The van der Waals surface area contributed by atoms with Crippen LogP contribution in [0.4, 0.5) is 4.79 Å². The van der Waals surface area contributed by atoms with E-state index in [0.29, 0.717) is 0 Å². The molecule has 0 radical (unpaired) electrons. The molecule has 0 saturated heterocycles. The molecule has 0 saturated carbocycles. The summed E-state index contributed by atoms with van der Waals surface area (Å²) in [6.45, 7) is 6.02. The number of hydrogen-bond donors (Lipinski definition) is 0. The monoisotopic (exact) mass is 99.0 g/mol. The maximum atomic E-state index is 9.89. The van der Waals surface area contributed by atoms with Crippen LogP contribution < -0.4 is 0 Å². The van der Waals surface area contributed by atoms with Gasteiger partial charge in [-0.2, -0.15) is 4.99 Å². The van der Waals surface area contributed by atoms with Gasteiger partial charge in [-0.3, -0.25) is 0 Å². The Hall–Kier alpha value is -1.12. The van der Waals surface area contributed by atoms with Crippen LogP contribution in [0.25, 0.3) is 0 Å². The van der Waals surface area contributed by atoms with Crippen LogP contribution in [-0.2, 0) is 4.74 Å². The second-order valence-electron chi connectivity index (χ2n) is 0.709. The summed E-state index contributed by atoms with van der Waals surface area (Å²) in [5.74, 6) is 0. The highest BCUT2D eigenvalue weighted by Crippen LogP contribution is 1.78. The maximum absolute atomic E-state index is 9.89. The molecule has 0 rings (SSSR count). The van der Waals surface area contributed by atoms with Crippen molar-refractivity contribution in [1.82, 2.24) is 0 Å². The Morgan fingerprint density at radius 2 is 2.43 bits per heavy atom. The molecule has 0 fully saturated rings. The van der Waals surface area contributed by atoms with E-state index in [9.17, 15) is 4.79 Å². The topological polar surface area (TPSA) is 38.7 Å². The molecule has 0 atom stereocenters. The zero-order valence-corrected chi connectivity index (χ0v) is 3.76. The maximum Gasteiger partial charge on any atom is 0.437 e. The van der Waals surface area contributed by atoms with E-state index in [1.807, 2.05) is 0 Å². The van der Waals surface area contributed by atoms with E-state index in [1.54, 1.807) is 0 Å². The molecular formula is C4H5NO2. The Balaban J connectivity index is 3.36. The number of hydrogen-bond acceptors (Lipinski definition) is 2. The predicted molar refractivity (Wildman–Crippen MR) is 26.2 cm³/mol. The molecule has 3 heteroatoms. The standard InChI is InChI=1S/C4H5NO2/c1-3-7-4(6)5-2/h3H,1-2H2. The van der Waals surface area contributed by atoms with Crippen molar-refractivity contribution < 1.29 is 9.53 Å². The first-order valence-electron chi connectivity index (χ1n) is 1.59. The van der Waals surface area contributed by atoms with Crippen LogP contribution in [-0.4, -0.2) is 12.8 Å². The zero-order valence-electron chi connectivity index (χ0n) is 3.76. The van der Waals surface area contributed by atoms with E-state index in [4.69, 9.17) is 0 Å². The molecule has 7 heavy (non-hydrogen) atoms. The van der Waals surface area contributed by atoms with Gasteiger partial charge < -0.3 is 4.74 Å². The summed E-state index contributed by atoms with van der Waals surface area (Å²) in [6, 6.07) is 0. The third-order valence-electron chi connectivity index (χ3n) is 0.313. The number of carbonyl (C=O) groups is 1. The van der Waals surface area contributed by atoms with Crippen molar-refractivity contribution in [2.24, 2.45) is 4.99 Å². The van der Waals surface area contributed by atoms with Gasteiger partial charge in [0.2, 0.25) is 0 Å². The molecule has 0 aromatic carbocycles. The summed E-state index contributed by atoms with van der Waals surface area (Å²) in [5, 5.41) is 0. The van der Waals surface area contributed by atoms with E-state index in [-0.39, 0.29) is 0 Å². The summed E-state index contributed by atoms with van der Waals surface area (Å²) in [5.41, 5.74) is 0. The largest absolute Gasteiger partial charge is 0.437 e. The van der Waals surface area contributed by atoms with Crippen molar-refractivity contribution in [2.45, 2.75) is 0 Å². The smallest absolute Gasteiger partial charge is 0.417 e. The molecule has 0 unspecified atom stereocenters. The molecule has 0 aromatic heterocycles. The number of amides is 1. The number of nitrogens with zero attached hydrogens (tertiary/aromatic N) is 1. The Morgan fingerprint density at radius 3 is 2.57 bits per heavy atom. The summed E-state index contributed by atoms with van der Waals surface area (Å²) < 4.78 is 4.09. The molecule has 0 bridgehead atoms. The molecular weight excluding hydrogens is 94.0 g/mol. The van der Waals surface area contributed by atoms with E-state index in [2.05, 4.69) is 23.0 Å². The first kappa shape index (κ1) is 5.88. The van der Waals surface area contributed by atoms with Crippen molar-refractivity contribution in [1.29, 1.82) is 0 Å². The fourth-order valence-electron chi connectivity index (χ4n) is 0.109. The van der Waals surface area contributed by atoms with Gasteiger partial charge in [0.05, 0.1) is 6.26 Å². The summed E-state index contributed by atoms with van der Waals surface area (Å²) >= 11 is 0. The molecule has 0 N–H and O–H groups in total. The first-order valence-corrected chi connectivity index (χ1v) is 1.59. The van der Waals surface area contributed by atoms with Crippen LogP contribution in [0.5, 0.6) is 0 Å². The van der Waals surface area contributed by atoms with Gasteiger partial charge in [-0.05, 0) is 6.72 Å². The number of ether oxygens (including phenoxy) is 1. The van der Waals surface area contributed by atoms with E-state index in [1.165, 1.54) is 0 Å². The van der Waals surface area contributed by atoms with Crippen molar-refractivity contribution >= 4 is 12.8 Å². The highest BCUT2D eigenvalue weighted by Gasteiger charge is 1.86. The highest BCUT2D eigenvalue weighted by atomic mass is 16.5. The van der Waals surface area contributed by atoms with Crippen molar-refractivity contribution in [3.8, 4) is 0 Å².